The van der Waals surface area contributed by atoms with Crippen molar-refractivity contribution in [3.8, 4) is 11.5 Å². The van der Waals surface area contributed by atoms with Gasteiger partial charge in [-0.25, -0.2) is 9.78 Å². The highest BCUT2D eigenvalue weighted by atomic mass is 32.2. The van der Waals surface area contributed by atoms with Crippen molar-refractivity contribution in [1.29, 1.82) is 0 Å². The Morgan fingerprint density at radius 1 is 1.13 bits per heavy atom. The Kier molecular flexibility index (Phi) is 9.06. The lowest BCUT2D eigenvalue weighted by atomic mass is 10.1. The third-order valence-corrected chi connectivity index (χ3v) is 5.55. The van der Waals surface area contributed by atoms with Gasteiger partial charge in [0.05, 0.1) is 44.0 Å². The number of anilines is 1. The zero-order chi connectivity index (χ0) is 22.1. The number of aromatic amines is 1. The van der Waals surface area contributed by atoms with Gasteiger partial charge < -0.3 is 24.5 Å². The number of aromatic nitrogens is 2. The van der Waals surface area contributed by atoms with Crippen molar-refractivity contribution in [2.45, 2.75) is 17.8 Å². The fourth-order valence-corrected chi connectivity index (χ4v) is 3.67. The van der Waals surface area contributed by atoms with E-state index in [0.29, 0.717) is 28.1 Å². The molecular weight excluding hydrogens is 430 g/mol. The lowest BCUT2D eigenvalue weighted by molar-refractivity contribution is -0.113. The minimum Gasteiger partial charge on any atom is -0.493 e. The predicted molar refractivity (Wildman–Crippen MR) is 117 cm³/mol. The van der Waals surface area contributed by atoms with Crippen LogP contribution in [0.5, 0.6) is 11.5 Å². The molecule has 0 aliphatic carbocycles. The van der Waals surface area contributed by atoms with Crippen LogP contribution in [-0.4, -0.2) is 54.7 Å². The van der Waals surface area contributed by atoms with Crippen LogP contribution >= 0.6 is 23.5 Å². The topological polar surface area (TPSA) is 120 Å². The van der Waals surface area contributed by atoms with Crippen molar-refractivity contribution in [2.24, 2.45) is 0 Å². The maximum atomic E-state index is 12.5. The molecule has 162 valence electrons. The number of hydrogen-bond acceptors (Lipinski definition) is 9. The summed E-state index contributed by atoms with van der Waals surface area (Å²) in [5.74, 6) is 1.15. The second-order valence-electron chi connectivity index (χ2n) is 5.76. The number of carbonyl (C=O) groups is 2. The van der Waals surface area contributed by atoms with E-state index < -0.39 is 11.9 Å². The van der Waals surface area contributed by atoms with Gasteiger partial charge in [0.2, 0.25) is 5.91 Å². The summed E-state index contributed by atoms with van der Waals surface area (Å²) >= 11 is 2.74. The standard InChI is InChI=1S/C19H23N3O6S2/c1-5-29-9-11-6-16(23)22-19(20-11)30-10-17(24)21-13-8-15(27-3)14(26-2)7-12(13)18(25)28-4/h6-8H,5,9-10H2,1-4H3,(H,21,24)(H,20,22,23). The number of H-pyrrole nitrogens is 1. The summed E-state index contributed by atoms with van der Waals surface area (Å²) in [4.78, 5) is 43.3. The van der Waals surface area contributed by atoms with E-state index in [-0.39, 0.29) is 22.6 Å². The zero-order valence-corrected chi connectivity index (χ0v) is 18.7. The van der Waals surface area contributed by atoms with E-state index in [1.54, 1.807) is 11.8 Å². The van der Waals surface area contributed by atoms with E-state index in [4.69, 9.17) is 14.2 Å². The first kappa shape index (κ1) is 23.6. The highest BCUT2D eigenvalue weighted by Gasteiger charge is 2.19. The summed E-state index contributed by atoms with van der Waals surface area (Å²) in [6, 6.07) is 4.36. The number of methoxy groups -OCH3 is 3. The van der Waals surface area contributed by atoms with Crippen LogP contribution in [-0.2, 0) is 15.3 Å². The van der Waals surface area contributed by atoms with Gasteiger partial charge in [-0.3, -0.25) is 9.59 Å². The molecule has 0 saturated carbocycles. The molecule has 9 nitrogen and oxygen atoms in total. The molecule has 0 bridgehead atoms. The number of thioether (sulfide) groups is 2. The molecule has 30 heavy (non-hydrogen) atoms. The van der Waals surface area contributed by atoms with Gasteiger partial charge in [0.25, 0.3) is 5.56 Å². The Labute approximate surface area is 182 Å². The first-order valence-electron chi connectivity index (χ1n) is 8.86. The van der Waals surface area contributed by atoms with Gasteiger partial charge in [-0.15, -0.1) is 0 Å². The van der Waals surface area contributed by atoms with Gasteiger partial charge in [-0.2, -0.15) is 11.8 Å². The lowest BCUT2D eigenvalue weighted by Gasteiger charge is -2.14. The van der Waals surface area contributed by atoms with Gasteiger partial charge >= 0.3 is 5.97 Å². The quantitative estimate of drug-likeness (QED) is 0.318. The second kappa shape index (κ2) is 11.5. The molecule has 2 rings (SSSR count). The van der Waals surface area contributed by atoms with E-state index in [1.165, 1.54) is 39.5 Å². The molecule has 0 aliphatic rings. The summed E-state index contributed by atoms with van der Waals surface area (Å²) in [6.45, 7) is 2.02. The van der Waals surface area contributed by atoms with Crippen LogP contribution in [0.4, 0.5) is 5.69 Å². The molecule has 0 unspecified atom stereocenters. The number of rotatable bonds is 10. The Morgan fingerprint density at radius 3 is 2.47 bits per heavy atom. The van der Waals surface area contributed by atoms with Gasteiger partial charge in [0.15, 0.2) is 16.7 Å². The first-order chi connectivity index (χ1) is 14.4. The highest BCUT2D eigenvalue weighted by molar-refractivity contribution is 7.99. The van der Waals surface area contributed by atoms with E-state index >= 15 is 0 Å². The van der Waals surface area contributed by atoms with E-state index in [9.17, 15) is 14.4 Å². The van der Waals surface area contributed by atoms with Crippen LogP contribution in [0.15, 0.2) is 28.2 Å². The maximum absolute atomic E-state index is 12.5. The molecule has 0 fully saturated rings. The number of benzene rings is 1. The Morgan fingerprint density at radius 2 is 1.83 bits per heavy atom. The predicted octanol–water partition coefficient (Wildman–Crippen LogP) is 2.56. The van der Waals surface area contributed by atoms with Gasteiger partial charge in [-0.1, -0.05) is 18.7 Å². The smallest absolute Gasteiger partial charge is 0.340 e. The normalized spacial score (nSPS) is 10.4. The molecule has 0 spiro atoms. The van der Waals surface area contributed by atoms with Crippen molar-refractivity contribution in [3.63, 3.8) is 0 Å². The minimum absolute atomic E-state index is 0.0255. The molecule has 1 heterocycles. The fourth-order valence-electron chi connectivity index (χ4n) is 2.41. The number of ether oxygens (including phenoxy) is 3. The van der Waals surface area contributed by atoms with Crippen molar-refractivity contribution < 1.29 is 23.8 Å². The van der Waals surface area contributed by atoms with E-state index in [2.05, 4.69) is 15.3 Å². The molecule has 1 amide bonds. The summed E-state index contributed by atoms with van der Waals surface area (Å²) in [7, 11) is 4.13. The summed E-state index contributed by atoms with van der Waals surface area (Å²) in [5, 5.41) is 3.02. The largest absolute Gasteiger partial charge is 0.493 e. The van der Waals surface area contributed by atoms with Gasteiger partial charge in [0.1, 0.15) is 0 Å². The molecule has 2 N–H and O–H groups in total. The summed E-state index contributed by atoms with van der Waals surface area (Å²) in [5.41, 5.74) is 0.729. The first-order valence-corrected chi connectivity index (χ1v) is 11.0. The van der Waals surface area contributed by atoms with Crippen LogP contribution in [0.1, 0.15) is 23.0 Å². The molecule has 11 heteroatoms. The molecule has 0 atom stereocenters. The third-order valence-electron chi connectivity index (χ3n) is 3.77. The average Bonchev–Trinajstić information content (AvgIpc) is 2.75. The Balaban J connectivity index is 2.15. The van der Waals surface area contributed by atoms with Crippen LogP contribution in [0.3, 0.4) is 0 Å². The molecule has 1 aromatic heterocycles. The summed E-state index contributed by atoms with van der Waals surface area (Å²) < 4.78 is 15.2. The van der Waals surface area contributed by atoms with E-state index in [1.807, 2.05) is 6.92 Å². The second-order valence-corrected chi connectivity index (χ2v) is 8.00. The third kappa shape index (κ3) is 6.42. The molecule has 0 aliphatic heterocycles. The van der Waals surface area contributed by atoms with Crippen LogP contribution < -0.4 is 20.3 Å². The number of amides is 1. The maximum Gasteiger partial charge on any atom is 0.340 e. The van der Waals surface area contributed by atoms with Crippen molar-refractivity contribution >= 4 is 41.1 Å². The van der Waals surface area contributed by atoms with Crippen molar-refractivity contribution in [1.82, 2.24) is 9.97 Å². The summed E-state index contributed by atoms with van der Waals surface area (Å²) in [6.07, 6.45) is 0. The molecular formula is C19H23N3O6S2. The average molecular weight is 454 g/mol. The Hall–Kier alpha value is -2.66. The minimum atomic E-state index is -0.633. The molecule has 0 saturated heterocycles. The van der Waals surface area contributed by atoms with Crippen LogP contribution in [0.25, 0.3) is 0 Å². The molecule has 2 aromatic rings. The molecule has 1 aromatic carbocycles. The van der Waals surface area contributed by atoms with Crippen LogP contribution in [0.2, 0.25) is 0 Å². The SMILES string of the molecule is CCSCc1cc(=O)[nH]c(SCC(=O)Nc2cc(OC)c(OC)cc2C(=O)OC)n1. The van der Waals surface area contributed by atoms with Crippen molar-refractivity contribution in [3.05, 3.63) is 39.8 Å². The fraction of sp³-hybridized carbons (Fsp3) is 0.368. The lowest BCUT2D eigenvalue weighted by Crippen LogP contribution is -2.18. The van der Waals surface area contributed by atoms with Crippen LogP contribution in [0, 0.1) is 0 Å². The van der Waals surface area contributed by atoms with Gasteiger partial charge in [0, 0.05) is 24.0 Å². The van der Waals surface area contributed by atoms with Gasteiger partial charge in [-0.05, 0) is 5.75 Å². The number of hydrogen-bond donors (Lipinski definition) is 2. The monoisotopic (exact) mass is 453 g/mol. The van der Waals surface area contributed by atoms with Crippen molar-refractivity contribution in [2.75, 3.05) is 38.2 Å². The van der Waals surface area contributed by atoms with E-state index in [0.717, 1.165) is 17.5 Å². The number of nitrogens with zero attached hydrogens (tertiary/aromatic N) is 1. The number of esters is 1. The number of carbonyl (C=O) groups excluding carboxylic acids is 2. The molecule has 0 radical (unpaired) electrons. The Bertz CT molecular complexity index is 964. The number of nitrogens with one attached hydrogen (secondary N) is 2. The zero-order valence-electron chi connectivity index (χ0n) is 17.1. The highest BCUT2D eigenvalue weighted by Crippen LogP contribution is 2.34.